The van der Waals surface area contributed by atoms with Crippen molar-refractivity contribution in [2.75, 3.05) is 20.4 Å². The van der Waals surface area contributed by atoms with Crippen LogP contribution in [0.2, 0.25) is 0 Å². The molecule has 11 heavy (non-hydrogen) atoms. The third-order valence-corrected chi connectivity index (χ3v) is 0.489. The summed E-state index contributed by atoms with van der Waals surface area (Å²) in [4.78, 5) is 12.4. The summed E-state index contributed by atoms with van der Waals surface area (Å²) in [7, 11) is 0. The zero-order chi connectivity index (χ0) is 7.82. The minimum atomic E-state index is -0.681. The maximum atomic E-state index is 8.10. The van der Waals surface area contributed by atoms with Crippen molar-refractivity contribution in [2.24, 2.45) is 0 Å². The van der Waals surface area contributed by atoms with Crippen LogP contribution >= 0.6 is 0 Å². The molecule has 0 spiro atoms. The first kappa shape index (κ1) is 13.3. The predicted molar refractivity (Wildman–Crippen MR) is 28.9 cm³/mol. The van der Waals surface area contributed by atoms with Crippen LogP contribution in [0.25, 0.3) is 0 Å². The maximum absolute atomic E-state index is 8.10. The van der Waals surface area contributed by atoms with E-state index in [1.165, 1.54) is 0 Å². The van der Waals surface area contributed by atoms with Crippen LogP contribution in [0.1, 0.15) is 0 Å². The van der Waals surface area contributed by atoms with Gasteiger partial charge in [-0.1, -0.05) is 0 Å². The average Bonchev–Trinajstić information content (AvgIpc) is 1.90. The maximum Gasteiger partial charge on any atom is 0.169 e. The molecule has 0 rings (SSSR count). The number of nitrogens with zero attached hydrogens (tertiary/aromatic N) is 1. The van der Waals surface area contributed by atoms with E-state index in [2.05, 4.69) is 14.5 Å². The Hall–Kier alpha value is -0.350. The summed E-state index contributed by atoms with van der Waals surface area (Å²) < 4.78 is 0. The molecule has 70 valence electrons. The third-order valence-electron chi connectivity index (χ3n) is 0.489. The zero-order valence-electron chi connectivity index (χ0n) is 5.54. The molecule has 0 bridgehead atoms. The molecule has 0 fully saturated rings. The summed E-state index contributed by atoms with van der Waals surface area (Å²) >= 11 is 0. The molecule has 0 aromatic carbocycles. The van der Waals surface area contributed by atoms with Gasteiger partial charge in [0.2, 0.25) is 0 Å². The molecular weight excluding hydrogens is 165 g/mol. The molecule has 0 aromatic heterocycles. The van der Waals surface area contributed by atoms with Crippen molar-refractivity contribution in [2.45, 2.75) is 0 Å². The van der Waals surface area contributed by atoms with Gasteiger partial charge >= 0.3 is 0 Å². The standard InChI is InChI=1S/C3H9NO6.FH/c5-1-8-4(9-2-6)10-3-7;/h5-7H,1-3H2;1H. The molecule has 0 aliphatic rings. The van der Waals surface area contributed by atoms with Crippen molar-refractivity contribution in [1.82, 2.24) is 5.39 Å². The minimum Gasteiger partial charge on any atom is -0.369 e. The monoisotopic (exact) mass is 175 g/mol. The van der Waals surface area contributed by atoms with Crippen LogP contribution in [-0.2, 0) is 14.5 Å². The molecule has 0 aliphatic heterocycles. The molecule has 0 atom stereocenters. The summed E-state index contributed by atoms with van der Waals surface area (Å²) in [5.74, 6) is 0. The van der Waals surface area contributed by atoms with E-state index >= 15 is 0 Å². The fourth-order valence-electron chi connectivity index (χ4n) is 0.253. The number of rotatable bonds is 6. The minimum absolute atomic E-state index is 0. The summed E-state index contributed by atoms with van der Waals surface area (Å²) in [6, 6.07) is 0. The van der Waals surface area contributed by atoms with Crippen LogP contribution in [0.4, 0.5) is 4.70 Å². The Morgan fingerprint density at radius 2 is 1.09 bits per heavy atom. The van der Waals surface area contributed by atoms with E-state index in [4.69, 9.17) is 15.3 Å². The van der Waals surface area contributed by atoms with Crippen molar-refractivity contribution < 1.29 is 34.5 Å². The van der Waals surface area contributed by atoms with Crippen molar-refractivity contribution >= 4 is 0 Å². The highest BCUT2D eigenvalue weighted by Gasteiger charge is 2.03. The highest BCUT2D eigenvalue weighted by atomic mass is 19.0. The van der Waals surface area contributed by atoms with E-state index in [-0.39, 0.29) is 4.70 Å². The van der Waals surface area contributed by atoms with Crippen LogP contribution < -0.4 is 0 Å². The summed E-state index contributed by atoms with van der Waals surface area (Å²) in [6.07, 6.45) is 0. The predicted octanol–water partition coefficient (Wildman–Crippen LogP) is -1.91. The molecule has 3 N–H and O–H groups in total. The van der Waals surface area contributed by atoms with Gasteiger partial charge in [-0.25, -0.2) is 14.5 Å². The Morgan fingerprint density at radius 1 is 0.818 bits per heavy atom. The van der Waals surface area contributed by atoms with E-state index in [9.17, 15) is 0 Å². The van der Waals surface area contributed by atoms with E-state index in [0.717, 1.165) is 0 Å². The Kier molecular flexibility index (Phi) is 11.6. The van der Waals surface area contributed by atoms with Crippen molar-refractivity contribution in [3.05, 3.63) is 0 Å². The number of hydrogen-bond donors (Lipinski definition) is 3. The van der Waals surface area contributed by atoms with Crippen LogP contribution in [-0.4, -0.2) is 41.1 Å². The average molecular weight is 175 g/mol. The topological polar surface area (TPSA) is 91.6 Å². The normalized spacial score (nSPS) is 9.82. The first-order chi connectivity index (χ1) is 4.85. The number of aliphatic hydroxyl groups excluding tert-OH is 3. The molecule has 0 saturated carbocycles. The van der Waals surface area contributed by atoms with Gasteiger partial charge in [0.05, 0.1) is 5.39 Å². The molecule has 0 heterocycles. The van der Waals surface area contributed by atoms with Gasteiger partial charge in [0, 0.05) is 0 Å². The van der Waals surface area contributed by atoms with Gasteiger partial charge < -0.3 is 15.3 Å². The molecule has 0 amide bonds. The van der Waals surface area contributed by atoms with Crippen molar-refractivity contribution in [3.63, 3.8) is 0 Å². The molecule has 0 radical (unpaired) electrons. The molecular formula is C3H10FNO6. The fraction of sp³-hybridized carbons (Fsp3) is 1.00. The first-order valence-electron chi connectivity index (χ1n) is 2.36. The van der Waals surface area contributed by atoms with E-state index in [1.807, 2.05) is 0 Å². The SMILES string of the molecule is F.OCON(OCO)OCO. The van der Waals surface area contributed by atoms with Gasteiger partial charge in [-0.05, 0) is 0 Å². The van der Waals surface area contributed by atoms with Gasteiger partial charge in [0.25, 0.3) is 0 Å². The second-order valence-electron chi connectivity index (χ2n) is 0.998. The Morgan fingerprint density at radius 3 is 1.27 bits per heavy atom. The molecule has 7 nitrogen and oxygen atoms in total. The number of hydrogen-bond acceptors (Lipinski definition) is 7. The molecule has 0 unspecified atom stereocenters. The molecule has 8 heteroatoms. The van der Waals surface area contributed by atoms with E-state index in [1.54, 1.807) is 0 Å². The van der Waals surface area contributed by atoms with Gasteiger partial charge in [0.1, 0.15) is 0 Å². The van der Waals surface area contributed by atoms with Crippen LogP contribution in [0.3, 0.4) is 0 Å². The highest BCUT2D eigenvalue weighted by molar-refractivity contribution is 3.86. The van der Waals surface area contributed by atoms with Crippen molar-refractivity contribution in [3.8, 4) is 0 Å². The van der Waals surface area contributed by atoms with E-state index < -0.39 is 20.4 Å². The van der Waals surface area contributed by atoms with Gasteiger partial charge in [-0.3, -0.25) is 4.70 Å². The Labute approximate surface area is 61.5 Å². The quantitative estimate of drug-likeness (QED) is 0.320. The molecule has 0 aliphatic carbocycles. The van der Waals surface area contributed by atoms with Crippen molar-refractivity contribution in [1.29, 1.82) is 0 Å². The summed E-state index contributed by atoms with van der Waals surface area (Å²) in [5, 5.41) is 24.6. The summed E-state index contributed by atoms with van der Waals surface area (Å²) in [5.41, 5.74) is 0. The van der Waals surface area contributed by atoms with Crippen LogP contribution in [0, 0.1) is 0 Å². The lowest BCUT2D eigenvalue weighted by atomic mass is 11.5. The molecule has 0 saturated heterocycles. The smallest absolute Gasteiger partial charge is 0.169 e. The number of aliphatic hydroxyl groups is 3. The lowest BCUT2D eigenvalue weighted by Crippen LogP contribution is -2.26. The van der Waals surface area contributed by atoms with E-state index in [0.29, 0.717) is 5.39 Å². The number of halogens is 1. The second kappa shape index (κ2) is 9.65. The fourth-order valence-corrected chi connectivity index (χ4v) is 0.253. The van der Waals surface area contributed by atoms with Gasteiger partial charge in [0.15, 0.2) is 20.4 Å². The van der Waals surface area contributed by atoms with Crippen LogP contribution in [0.15, 0.2) is 0 Å². The lowest BCUT2D eigenvalue weighted by Gasteiger charge is -2.14. The zero-order valence-corrected chi connectivity index (χ0v) is 5.54. The Balaban J connectivity index is 0. The Bertz CT molecular complexity index is 60.6. The largest absolute Gasteiger partial charge is 0.369 e. The highest BCUT2D eigenvalue weighted by Crippen LogP contribution is 1.90. The third kappa shape index (κ3) is 7.55. The second-order valence-corrected chi connectivity index (χ2v) is 0.998. The van der Waals surface area contributed by atoms with Gasteiger partial charge in [-0.2, -0.15) is 0 Å². The first-order valence-corrected chi connectivity index (χ1v) is 2.36. The lowest BCUT2D eigenvalue weighted by molar-refractivity contribution is -0.554. The summed E-state index contributed by atoms with van der Waals surface area (Å²) in [6.45, 7) is -2.04. The van der Waals surface area contributed by atoms with Gasteiger partial charge in [-0.15, -0.1) is 0 Å². The molecule has 0 aromatic rings. The van der Waals surface area contributed by atoms with Crippen LogP contribution in [0.5, 0.6) is 0 Å².